The highest BCUT2D eigenvalue weighted by molar-refractivity contribution is 6.01. The molecule has 5 heteroatoms. The minimum absolute atomic E-state index is 0.176. The van der Waals surface area contributed by atoms with E-state index in [1.165, 1.54) is 38.9 Å². The highest BCUT2D eigenvalue weighted by Crippen LogP contribution is 2.41. The lowest BCUT2D eigenvalue weighted by Gasteiger charge is -2.48. The maximum atomic E-state index is 11.4. The van der Waals surface area contributed by atoms with Crippen molar-refractivity contribution in [2.75, 3.05) is 19.6 Å². The summed E-state index contributed by atoms with van der Waals surface area (Å²) in [7, 11) is 0. The van der Waals surface area contributed by atoms with Crippen molar-refractivity contribution in [1.29, 1.82) is 0 Å². The summed E-state index contributed by atoms with van der Waals surface area (Å²) in [5.74, 6) is -0.944. The number of piperidine rings is 3. The SMILES string of the molecule is O=C(O)c1nn(CC23CCN(CC2)CC3)c2ccccc12. The Morgan fingerprint density at radius 3 is 2.52 bits per heavy atom. The van der Waals surface area contributed by atoms with Gasteiger partial charge < -0.3 is 10.0 Å². The maximum Gasteiger partial charge on any atom is 0.357 e. The molecule has 4 heterocycles. The van der Waals surface area contributed by atoms with Crippen LogP contribution in [0.15, 0.2) is 24.3 Å². The monoisotopic (exact) mass is 285 g/mol. The molecule has 0 radical (unpaired) electrons. The van der Waals surface area contributed by atoms with E-state index in [1.54, 1.807) is 0 Å². The molecule has 2 aromatic rings. The van der Waals surface area contributed by atoms with Gasteiger partial charge in [0.2, 0.25) is 0 Å². The second-order valence-electron chi connectivity index (χ2n) is 6.42. The van der Waals surface area contributed by atoms with Crippen LogP contribution in [0.2, 0.25) is 0 Å². The van der Waals surface area contributed by atoms with Crippen molar-refractivity contribution in [3.05, 3.63) is 30.0 Å². The molecule has 0 amide bonds. The Morgan fingerprint density at radius 2 is 1.86 bits per heavy atom. The summed E-state index contributed by atoms with van der Waals surface area (Å²) in [6, 6.07) is 7.65. The summed E-state index contributed by atoms with van der Waals surface area (Å²) in [6.07, 6.45) is 3.59. The molecule has 5 rings (SSSR count). The molecule has 3 aliphatic heterocycles. The number of carbonyl (C=O) groups is 1. The van der Waals surface area contributed by atoms with Crippen LogP contribution in [-0.4, -0.2) is 45.4 Å². The largest absolute Gasteiger partial charge is 0.476 e. The number of fused-ring (bicyclic) bond motifs is 4. The van der Waals surface area contributed by atoms with Crippen LogP contribution in [0.25, 0.3) is 10.9 Å². The predicted molar refractivity (Wildman–Crippen MR) is 79.4 cm³/mol. The van der Waals surface area contributed by atoms with E-state index in [0.717, 1.165) is 17.4 Å². The number of rotatable bonds is 3. The Morgan fingerprint density at radius 1 is 1.19 bits per heavy atom. The van der Waals surface area contributed by atoms with Gasteiger partial charge in [-0.25, -0.2) is 4.79 Å². The van der Waals surface area contributed by atoms with Crippen LogP contribution in [0.5, 0.6) is 0 Å². The number of carboxylic acid groups (broad SMARTS) is 1. The fourth-order valence-electron chi connectivity index (χ4n) is 3.86. The van der Waals surface area contributed by atoms with Crippen molar-refractivity contribution in [3.8, 4) is 0 Å². The number of hydrogen-bond acceptors (Lipinski definition) is 3. The van der Waals surface area contributed by atoms with Crippen molar-refractivity contribution in [2.24, 2.45) is 5.41 Å². The molecule has 0 atom stereocenters. The molecule has 0 unspecified atom stereocenters. The second-order valence-corrected chi connectivity index (χ2v) is 6.42. The van der Waals surface area contributed by atoms with Crippen LogP contribution in [0.1, 0.15) is 29.8 Å². The standard InChI is InChI=1S/C16H19N3O2/c20-15(21)14-12-3-1-2-4-13(12)19(17-14)11-16-5-8-18(9-6-16)10-7-16/h1-4H,5-11H2,(H,20,21). The Balaban J connectivity index is 1.75. The van der Waals surface area contributed by atoms with E-state index >= 15 is 0 Å². The molecule has 0 spiro atoms. The molecule has 1 aromatic heterocycles. The van der Waals surface area contributed by atoms with Gasteiger partial charge in [0.1, 0.15) is 0 Å². The fourth-order valence-corrected chi connectivity index (χ4v) is 3.86. The predicted octanol–water partition coefficient (Wildman–Crippen LogP) is 2.22. The first-order valence-corrected chi connectivity index (χ1v) is 7.58. The van der Waals surface area contributed by atoms with Gasteiger partial charge in [-0.1, -0.05) is 18.2 Å². The van der Waals surface area contributed by atoms with Gasteiger partial charge in [-0.3, -0.25) is 4.68 Å². The summed E-state index contributed by atoms with van der Waals surface area (Å²) in [5.41, 5.74) is 1.42. The van der Waals surface area contributed by atoms with E-state index in [0.29, 0.717) is 5.41 Å². The van der Waals surface area contributed by atoms with Crippen LogP contribution in [-0.2, 0) is 6.54 Å². The summed E-state index contributed by atoms with van der Waals surface area (Å²) >= 11 is 0. The van der Waals surface area contributed by atoms with Crippen LogP contribution < -0.4 is 0 Å². The molecule has 1 aromatic carbocycles. The molecular weight excluding hydrogens is 266 g/mol. The van der Waals surface area contributed by atoms with Gasteiger partial charge in [-0.05, 0) is 50.4 Å². The second kappa shape index (κ2) is 4.56. The van der Waals surface area contributed by atoms with Crippen molar-refractivity contribution in [2.45, 2.75) is 25.8 Å². The third-order valence-electron chi connectivity index (χ3n) is 5.22. The first kappa shape index (κ1) is 12.8. The first-order valence-electron chi connectivity index (χ1n) is 7.58. The topological polar surface area (TPSA) is 58.4 Å². The molecular formula is C16H19N3O2. The molecule has 1 N–H and O–H groups in total. The lowest BCUT2D eigenvalue weighted by Crippen LogP contribution is -2.49. The Labute approximate surface area is 123 Å². The average molecular weight is 285 g/mol. The number of aromatic nitrogens is 2. The summed E-state index contributed by atoms with van der Waals surface area (Å²) in [6.45, 7) is 4.36. The van der Waals surface area contributed by atoms with E-state index in [2.05, 4.69) is 10.00 Å². The zero-order valence-electron chi connectivity index (χ0n) is 12.0. The quantitative estimate of drug-likeness (QED) is 0.939. The number of aromatic carboxylic acids is 1. The number of carboxylic acids is 1. The van der Waals surface area contributed by atoms with Gasteiger partial charge in [0.15, 0.2) is 5.69 Å². The molecule has 0 saturated carbocycles. The highest BCUT2D eigenvalue weighted by atomic mass is 16.4. The van der Waals surface area contributed by atoms with Crippen molar-refractivity contribution < 1.29 is 9.90 Å². The van der Waals surface area contributed by atoms with Gasteiger partial charge >= 0.3 is 5.97 Å². The van der Waals surface area contributed by atoms with E-state index in [9.17, 15) is 9.90 Å². The van der Waals surface area contributed by atoms with E-state index in [4.69, 9.17) is 0 Å². The number of benzene rings is 1. The fraction of sp³-hybridized carbons (Fsp3) is 0.500. The molecule has 21 heavy (non-hydrogen) atoms. The Bertz CT molecular complexity index is 685. The van der Waals surface area contributed by atoms with Crippen LogP contribution >= 0.6 is 0 Å². The zero-order valence-corrected chi connectivity index (χ0v) is 12.0. The third-order valence-corrected chi connectivity index (χ3v) is 5.22. The molecule has 3 fully saturated rings. The smallest absolute Gasteiger partial charge is 0.357 e. The summed E-state index contributed by atoms with van der Waals surface area (Å²) in [5, 5.41) is 14.5. The van der Waals surface area contributed by atoms with Crippen molar-refractivity contribution in [1.82, 2.24) is 14.7 Å². The molecule has 2 bridgehead atoms. The van der Waals surface area contributed by atoms with Gasteiger partial charge in [0, 0.05) is 11.9 Å². The molecule has 3 saturated heterocycles. The van der Waals surface area contributed by atoms with Crippen LogP contribution in [0.3, 0.4) is 0 Å². The normalized spacial score (nSPS) is 28.1. The minimum atomic E-state index is -0.944. The number of hydrogen-bond donors (Lipinski definition) is 1. The van der Waals surface area contributed by atoms with Gasteiger partial charge in [-0.15, -0.1) is 0 Å². The Kier molecular flexibility index (Phi) is 2.79. The minimum Gasteiger partial charge on any atom is -0.476 e. The molecule has 110 valence electrons. The average Bonchev–Trinajstić information content (AvgIpc) is 2.88. The third kappa shape index (κ3) is 2.03. The lowest BCUT2D eigenvalue weighted by molar-refractivity contribution is 0.0117. The first-order chi connectivity index (χ1) is 10.2. The summed E-state index contributed by atoms with van der Waals surface area (Å²) < 4.78 is 1.93. The van der Waals surface area contributed by atoms with Crippen molar-refractivity contribution >= 4 is 16.9 Å². The Hall–Kier alpha value is -1.88. The van der Waals surface area contributed by atoms with Gasteiger partial charge in [0.25, 0.3) is 0 Å². The molecule has 5 nitrogen and oxygen atoms in total. The number of para-hydroxylation sites is 1. The van der Waals surface area contributed by atoms with Gasteiger partial charge in [-0.2, -0.15) is 5.10 Å². The highest BCUT2D eigenvalue weighted by Gasteiger charge is 2.40. The van der Waals surface area contributed by atoms with Gasteiger partial charge in [0.05, 0.1) is 5.52 Å². The van der Waals surface area contributed by atoms with E-state index in [1.807, 2.05) is 28.9 Å². The lowest BCUT2D eigenvalue weighted by atomic mass is 9.72. The van der Waals surface area contributed by atoms with E-state index in [-0.39, 0.29) is 5.69 Å². The zero-order chi connectivity index (χ0) is 14.4. The maximum absolute atomic E-state index is 11.4. The van der Waals surface area contributed by atoms with Crippen LogP contribution in [0, 0.1) is 5.41 Å². The molecule has 0 aliphatic carbocycles. The molecule has 3 aliphatic rings. The van der Waals surface area contributed by atoms with E-state index < -0.39 is 5.97 Å². The van der Waals surface area contributed by atoms with Crippen molar-refractivity contribution in [3.63, 3.8) is 0 Å². The van der Waals surface area contributed by atoms with Crippen LogP contribution in [0.4, 0.5) is 0 Å². The number of nitrogens with zero attached hydrogens (tertiary/aromatic N) is 3. The summed E-state index contributed by atoms with van der Waals surface area (Å²) in [4.78, 5) is 13.9.